The highest BCUT2D eigenvalue weighted by molar-refractivity contribution is 5.86. The van der Waals surface area contributed by atoms with E-state index in [-0.39, 0.29) is 17.9 Å². The summed E-state index contributed by atoms with van der Waals surface area (Å²) >= 11 is 0. The van der Waals surface area contributed by atoms with Crippen LogP contribution in [-0.4, -0.2) is 33.4 Å². The molecule has 1 saturated heterocycles. The third-order valence-electron chi connectivity index (χ3n) is 4.68. The van der Waals surface area contributed by atoms with Crippen LogP contribution in [0.1, 0.15) is 17.7 Å². The first-order valence-corrected chi connectivity index (χ1v) is 8.70. The van der Waals surface area contributed by atoms with Gasteiger partial charge in [0.05, 0.1) is 6.04 Å². The van der Waals surface area contributed by atoms with Crippen LogP contribution in [0.4, 0.5) is 11.8 Å². The van der Waals surface area contributed by atoms with E-state index in [0.29, 0.717) is 25.3 Å². The minimum atomic E-state index is 0.0196. The number of hydrogen-bond acceptors (Lipinski definition) is 5. The molecule has 0 unspecified atom stereocenters. The van der Waals surface area contributed by atoms with E-state index in [2.05, 4.69) is 39.6 Å². The lowest BCUT2D eigenvalue weighted by atomic mass is 10.0. The second-order valence-corrected chi connectivity index (χ2v) is 6.71. The second kappa shape index (κ2) is 6.63. The number of benzene rings is 2. The first kappa shape index (κ1) is 16.3. The SMILES string of the molecule is Cc1cc(N[C@@H]2CC(=O)N(Cc3cccc4ccccc34)C2)nc(N)n1. The van der Waals surface area contributed by atoms with Gasteiger partial charge in [-0.1, -0.05) is 42.5 Å². The van der Waals surface area contributed by atoms with Crippen molar-refractivity contribution >= 4 is 28.4 Å². The predicted octanol–water partition coefficient (Wildman–Crippen LogP) is 2.73. The number of anilines is 2. The van der Waals surface area contributed by atoms with Crippen molar-refractivity contribution in [3.63, 3.8) is 0 Å². The maximum atomic E-state index is 12.5. The van der Waals surface area contributed by atoms with Crippen LogP contribution in [0, 0.1) is 6.92 Å². The van der Waals surface area contributed by atoms with Gasteiger partial charge >= 0.3 is 0 Å². The van der Waals surface area contributed by atoms with E-state index < -0.39 is 0 Å². The molecule has 2 heterocycles. The molecule has 1 amide bonds. The number of nitrogen functional groups attached to an aromatic ring is 1. The first-order valence-electron chi connectivity index (χ1n) is 8.70. The highest BCUT2D eigenvalue weighted by atomic mass is 16.2. The average molecular weight is 347 g/mol. The van der Waals surface area contributed by atoms with Crippen LogP contribution < -0.4 is 11.1 Å². The Balaban J connectivity index is 1.49. The summed E-state index contributed by atoms with van der Waals surface area (Å²) in [5.74, 6) is 1.05. The number of carbonyl (C=O) groups is 1. The lowest BCUT2D eigenvalue weighted by Gasteiger charge is -2.18. The third kappa shape index (κ3) is 3.31. The maximum absolute atomic E-state index is 12.5. The van der Waals surface area contributed by atoms with Gasteiger partial charge in [-0.15, -0.1) is 0 Å². The molecule has 1 aliphatic rings. The third-order valence-corrected chi connectivity index (χ3v) is 4.68. The molecule has 132 valence electrons. The summed E-state index contributed by atoms with van der Waals surface area (Å²) in [5.41, 5.74) is 7.67. The molecule has 3 aromatic rings. The number of rotatable bonds is 4. The van der Waals surface area contributed by atoms with E-state index in [0.717, 1.165) is 5.69 Å². The summed E-state index contributed by atoms with van der Waals surface area (Å²) in [6.07, 6.45) is 0.452. The lowest BCUT2D eigenvalue weighted by Crippen LogP contribution is -2.28. The Hall–Kier alpha value is -3.15. The smallest absolute Gasteiger partial charge is 0.225 e. The number of hydrogen-bond donors (Lipinski definition) is 2. The molecule has 0 bridgehead atoms. The van der Waals surface area contributed by atoms with Crippen molar-refractivity contribution in [2.24, 2.45) is 0 Å². The summed E-state index contributed by atoms with van der Waals surface area (Å²) in [6.45, 7) is 3.13. The van der Waals surface area contributed by atoms with Gasteiger partial charge in [-0.3, -0.25) is 4.79 Å². The Bertz CT molecular complexity index is 946. The summed E-state index contributed by atoms with van der Waals surface area (Å²) < 4.78 is 0. The van der Waals surface area contributed by atoms with Gasteiger partial charge in [0.15, 0.2) is 0 Å². The van der Waals surface area contributed by atoms with Gasteiger partial charge in [-0.25, -0.2) is 4.98 Å². The normalized spacial score (nSPS) is 17.0. The number of aryl methyl sites for hydroxylation is 1. The number of nitrogens with one attached hydrogen (secondary N) is 1. The average Bonchev–Trinajstić information content (AvgIpc) is 2.93. The van der Waals surface area contributed by atoms with Gasteiger partial charge in [-0.2, -0.15) is 4.98 Å². The molecule has 3 N–H and O–H groups in total. The topological polar surface area (TPSA) is 84.1 Å². The van der Waals surface area contributed by atoms with E-state index in [4.69, 9.17) is 5.73 Å². The standard InChI is InChI=1S/C20H21N5O/c1-13-9-18(24-20(21)22-13)23-16-10-19(26)25(12-16)11-15-7-4-6-14-5-2-3-8-17(14)15/h2-9,16H,10-12H2,1H3,(H3,21,22,23,24)/t16-/m1/s1. The quantitative estimate of drug-likeness (QED) is 0.758. The fourth-order valence-corrected chi connectivity index (χ4v) is 3.53. The van der Waals surface area contributed by atoms with Crippen molar-refractivity contribution < 1.29 is 4.79 Å². The monoisotopic (exact) mass is 347 g/mol. The Morgan fingerprint density at radius 1 is 1.19 bits per heavy atom. The molecule has 0 spiro atoms. The molecule has 0 aliphatic carbocycles. The molecule has 1 aromatic heterocycles. The van der Waals surface area contributed by atoms with Gasteiger partial charge in [0, 0.05) is 31.3 Å². The molecular weight excluding hydrogens is 326 g/mol. The lowest BCUT2D eigenvalue weighted by molar-refractivity contribution is -0.128. The van der Waals surface area contributed by atoms with Crippen molar-refractivity contribution in [2.75, 3.05) is 17.6 Å². The van der Waals surface area contributed by atoms with Crippen LogP contribution >= 0.6 is 0 Å². The highest BCUT2D eigenvalue weighted by Gasteiger charge is 2.30. The van der Waals surface area contributed by atoms with Gasteiger partial charge in [0.2, 0.25) is 11.9 Å². The van der Waals surface area contributed by atoms with Crippen LogP contribution in [0.5, 0.6) is 0 Å². The number of nitrogens with two attached hydrogens (primary N) is 1. The predicted molar refractivity (Wildman–Crippen MR) is 103 cm³/mol. The molecule has 1 fully saturated rings. The van der Waals surface area contributed by atoms with Gasteiger partial charge in [-0.05, 0) is 23.3 Å². The Kier molecular flexibility index (Phi) is 4.16. The highest BCUT2D eigenvalue weighted by Crippen LogP contribution is 2.23. The van der Waals surface area contributed by atoms with Crippen LogP contribution in [0.3, 0.4) is 0 Å². The Morgan fingerprint density at radius 3 is 2.85 bits per heavy atom. The van der Waals surface area contributed by atoms with Crippen LogP contribution in [-0.2, 0) is 11.3 Å². The van der Waals surface area contributed by atoms with Gasteiger partial charge in [0.1, 0.15) is 5.82 Å². The molecule has 0 radical (unpaired) electrons. The van der Waals surface area contributed by atoms with Crippen molar-refractivity contribution in [1.82, 2.24) is 14.9 Å². The fraction of sp³-hybridized carbons (Fsp3) is 0.250. The minimum Gasteiger partial charge on any atom is -0.368 e. The summed E-state index contributed by atoms with van der Waals surface area (Å²) in [5, 5.41) is 5.70. The van der Waals surface area contributed by atoms with E-state index in [9.17, 15) is 4.79 Å². The number of nitrogens with zero attached hydrogens (tertiary/aromatic N) is 3. The Morgan fingerprint density at radius 2 is 2.00 bits per heavy atom. The van der Waals surface area contributed by atoms with E-state index in [1.165, 1.54) is 16.3 Å². The van der Waals surface area contributed by atoms with E-state index in [1.54, 1.807) is 0 Å². The summed E-state index contributed by atoms with van der Waals surface area (Å²) in [7, 11) is 0. The fourth-order valence-electron chi connectivity index (χ4n) is 3.53. The number of likely N-dealkylation sites (tertiary alicyclic amines) is 1. The van der Waals surface area contributed by atoms with Crippen LogP contribution in [0.2, 0.25) is 0 Å². The second-order valence-electron chi connectivity index (χ2n) is 6.71. The molecule has 1 atom stereocenters. The van der Waals surface area contributed by atoms with Crippen LogP contribution in [0.25, 0.3) is 10.8 Å². The van der Waals surface area contributed by atoms with Crippen molar-refractivity contribution in [1.29, 1.82) is 0 Å². The first-order chi connectivity index (χ1) is 12.6. The molecule has 2 aromatic carbocycles. The molecule has 1 aliphatic heterocycles. The maximum Gasteiger partial charge on any atom is 0.225 e. The van der Waals surface area contributed by atoms with E-state index in [1.807, 2.05) is 36.1 Å². The molecule has 4 rings (SSSR count). The van der Waals surface area contributed by atoms with Gasteiger partial charge < -0.3 is 16.0 Å². The number of carbonyl (C=O) groups excluding carboxylic acids is 1. The number of amides is 1. The van der Waals surface area contributed by atoms with Gasteiger partial charge in [0.25, 0.3) is 0 Å². The zero-order chi connectivity index (χ0) is 18.1. The molecule has 6 heteroatoms. The van der Waals surface area contributed by atoms with Crippen molar-refractivity contribution in [2.45, 2.75) is 25.9 Å². The zero-order valence-electron chi connectivity index (χ0n) is 14.6. The molecule has 26 heavy (non-hydrogen) atoms. The number of fused-ring (bicyclic) bond motifs is 1. The Labute approximate surface area is 152 Å². The molecule has 0 saturated carbocycles. The zero-order valence-corrected chi connectivity index (χ0v) is 14.6. The number of aromatic nitrogens is 2. The largest absolute Gasteiger partial charge is 0.368 e. The molecule has 6 nitrogen and oxygen atoms in total. The van der Waals surface area contributed by atoms with Crippen molar-refractivity contribution in [3.05, 3.63) is 59.8 Å². The van der Waals surface area contributed by atoms with Crippen LogP contribution in [0.15, 0.2) is 48.5 Å². The van der Waals surface area contributed by atoms with E-state index >= 15 is 0 Å². The minimum absolute atomic E-state index is 0.0196. The summed E-state index contributed by atoms with van der Waals surface area (Å²) in [6, 6.07) is 16.3. The molecular formula is C20H21N5O. The van der Waals surface area contributed by atoms with Crippen molar-refractivity contribution in [3.8, 4) is 0 Å². The summed E-state index contributed by atoms with van der Waals surface area (Å²) in [4.78, 5) is 22.6.